The Hall–Kier alpha value is -2.89. The Morgan fingerprint density at radius 3 is 2.76 bits per heavy atom. The van der Waals surface area contributed by atoms with Gasteiger partial charge in [-0.2, -0.15) is 5.10 Å². The number of hydrogen-bond donors (Lipinski definition) is 1. The van der Waals surface area contributed by atoms with Gasteiger partial charge < -0.3 is 9.64 Å². The lowest BCUT2D eigenvalue weighted by Crippen LogP contribution is -2.26. The number of pyridine rings is 1. The molecule has 3 aromatic rings. The summed E-state index contributed by atoms with van der Waals surface area (Å²) in [6.07, 6.45) is 1.59. The Morgan fingerprint density at radius 2 is 2.05 bits per heavy atom. The Balaban J connectivity index is 1.93. The molecule has 21 heavy (non-hydrogen) atoms. The van der Waals surface area contributed by atoms with E-state index in [0.29, 0.717) is 17.3 Å². The minimum Gasteiger partial charge on any atom is -0.481 e. The highest BCUT2D eigenvalue weighted by atomic mass is 16.5. The van der Waals surface area contributed by atoms with Crippen molar-refractivity contribution in [3.8, 4) is 5.88 Å². The number of benzene rings is 1. The molecule has 106 valence electrons. The van der Waals surface area contributed by atoms with Crippen LogP contribution in [0.2, 0.25) is 0 Å². The topological polar surface area (TPSA) is 71.1 Å². The van der Waals surface area contributed by atoms with Crippen molar-refractivity contribution in [2.75, 3.05) is 19.1 Å². The lowest BCUT2D eigenvalue weighted by Gasteiger charge is -2.15. The molecular formula is C15H14N4O2. The Labute approximate surface area is 121 Å². The average molecular weight is 282 g/mol. The van der Waals surface area contributed by atoms with Gasteiger partial charge in [-0.1, -0.05) is 18.2 Å². The van der Waals surface area contributed by atoms with Crippen LogP contribution in [0, 0.1) is 0 Å². The van der Waals surface area contributed by atoms with E-state index in [1.807, 2.05) is 24.3 Å². The van der Waals surface area contributed by atoms with E-state index in [1.54, 1.807) is 32.5 Å². The number of methoxy groups -OCH3 is 1. The van der Waals surface area contributed by atoms with Crippen molar-refractivity contribution in [1.82, 2.24) is 15.2 Å². The first-order valence-electron chi connectivity index (χ1n) is 6.42. The van der Waals surface area contributed by atoms with Crippen molar-refractivity contribution in [1.29, 1.82) is 0 Å². The summed E-state index contributed by atoms with van der Waals surface area (Å²) >= 11 is 0. The Kier molecular flexibility index (Phi) is 3.27. The van der Waals surface area contributed by atoms with Gasteiger partial charge in [0.25, 0.3) is 5.91 Å². The minimum absolute atomic E-state index is 0.195. The molecule has 6 heteroatoms. The van der Waals surface area contributed by atoms with E-state index in [4.69, 9.17) is 4.74 Å². The lowest BCUT2D eigenvalue weighted by molar-refractivity contribution is 0.0989. The smallest absolute Gasteiger partial charge is 0.279 e. The number of ether oxygens (including phenoxy) is 1. The van der Waals surface area contributed by atoms with E-state index < -0.39 is 0 Å². The molecule has 1 amide bonds. The van der Waals surface area contributed by atoms with Gasteiger partial charge in [0.2, 0.25) is 5.88 Å². The van der Waals surface area contributed by atoms with Crippen LogP contribution in [-0.4, -0.2) is 35.2 Å². The number of hydrogen-bond acceptors (Lipinski definition) is 4. The molecule has 6 nitrogen and oxygen atoms in total. The maximum absolute atomic E-state index is 12.6. The van der Waals surface area contributed by atoms with Crippen LogP contribution in [0.4, 0.5) is 5.69 Å². The standard InChI is InChI=1S/C15H14N4O2/c1-19(10-7-8-13(21-2)16-9-10)15(20)14-11-5-3-4-6-12(11)17-18-14/h3-9H,1-2H3,(H,17,18). The van der Waals surface area contributed by atoms with Crippen molar-refractivity contribution < 1.29 is 9.53 Å². The maximum Gasteiger partial charge on any atom is 0.279 e. The number of para-hydroxylation sites is 1. The molecule has 1 aromatic carbocycles. The monoisotopic (exact) mass is 282 g/mol. The third-order valence-corrected chi connectivity index (χ3v) is 3.29. The summed E-state index contributed by atoms with van der Waals surface area (Å²) in [5.41, 5.74) is 1.90. The summed E-state index contributed by atoms with van der Waals surface area (Å²) in [5.74, 6) is 0.309. The molecule has 0 aliphatic heterocycles. The van der Waals surface area contributed by atoms with Gasteiger partial charge in [-0.05, 0) is 12.1 Å². The minimum atomic E-state index is -0.195. The van der Waals surface area contributed by atoms with Gasteiger partial charge in [0.15, 0.2) is 5.69 Å². The molecule has 3 rings (SSSR count). The van der Waals surface area contributed by atoms with Gasteiger partial charge >= 0.3 is 0 Å². The molecule has 2 aromatic heterocycles. The van der Waals surface area contributed by atoms with Gasteiger partial charge in [-0.25, -0.2) is 4.98 Å². The Bertz CT molecular complexity index is 780. The van der Waals surface area contributed by atoms with Crippen molar-refractivity contribution >= 4 is 22.5 Å². The normalized spacial score (nSPS) is 10.6. The lowest BCUT2D eigenvalue weighted by atomic mass is 10.2. The highest BCUT2D eigenvalue weighted by Gasteiger charge is 2.19. The molecule has 0 atom stereocenters. The zero-order valence-electron chi connectivity index (χ0n) is 11.7. The molecule has 0 fully saturated rings. The molecule has 0 aliphatic carbocycles. The summed E-state index contributed by atoms with van der Waals surface area (Å²) in [4.78, 5) is 18.2. The third-order valence-electron chi connectivity index (χ3n) is 3.29. The summed E-state index contributed by atoms with van der Waals surface area (Å²) in [6, 6.07) is 11.0. The van der Waals surface area contributed by atoms with Crippen LogP contribution < -0.4 is 9.64 Å². The van der Waals surface area contributed by atoms with E-state index in [2.05, 4.69) is 15.2 Å². The van der Waals surface area contributed by atoms with Crippen LogP contribution in [0.3, 0.4) is 0 Å². The molecule has 0 unspecified atom stereocenters. The summed E-state index contributed by atoms with van der Waals surface area (Å²) in [7, 11) is 3.24. The second-order valence-corrected chi connectivity index (χ2v) is 4.54. The zero-order chi connectivity index (χ0) is 14.8. The number of aromatic amines is 1. The van der Waals surface area contributed by atoms with Crippen LogP contribution in [0.1, 0.15) is 10.5 Å². The number of H-pyrrole nitrogens is 1. The second-order valence-electron chi connectivity index (χ2n) is 4.54. The third kappa shape index (κ3) is 2.31. The van der Waals surface area contributed by atoms with Gasteiger partial charge in [0.05, 0.1) is 24.5 Å². The van der Waals surface area contributed by atoms with Gasteiger partial charge in [-0.15, -0.1) is 0 Å². The van der Waals surface area contributed by atoms with Crippen LogP contribution >= 0.6 is 0 Å². The molecular weight excluding hydrogens is 268 g/mol. The molecule has 1 N–H and O–H groups in total. The molecule has 0 saturated heterocycles. The molecule has 0 aliphatic rings. The quantitative estimate of drug-likeness (QED) is 0.799. The first-order valence-corrected chi connectivity index (χ1v) is 6.42. The number of aromatic nitrogens is 3. The van der Waals surface area contributed by atoms with Crippen LogP contribution in [0.15, 0.2) is 42.6 Å². The van der Waals surface area contributed by atoms with E-state index >= 15 is 0 Å². The molecule has 0 spiro atoms. The Morgan fingerprint density at radius 1 is 1.24 bits per heavy atom. The van der Waals surface area contributed by atoms with E-state index in [9.17, 15) is 4.79 Å². The number of anilines is 1. The highest BCUT2D eigenvalue weighted by molar-refractivity contribution is 6.12. The maximum atomic E-state index is 12.6. The predicted molar refractivity (Wildman–Crippen MR) is 79.6 cm³/mol. The van der Waals surface area contributed by atoms with Crippen LogP contribution in [0.25, 0.3) is 10.9 Å². The number of carbonyl (C=O) groups excluding carboxylic acids is 1. The van der Waals surface area contributed by atoms with Crippen molar-refractivity contribution in [3.63, 3.8) is 0 Å². The fourth-order valence-electron chi connectivity index (χ4n) is 2.09. The van der Waals surface area contributed by atoms with Gasteiger partial charge in [-0.3, -0.25) is 9.89 Å². The first kappa shape index (κ1) is 13.1. The fourth-order valence-corrected chi connectivity index (χ4v) is 2.09. The van der Waals surface area contributed by atoms with Gasteiger partial charge in [0, 0.05) is 18.5 Å². The van der Waals surface area contributed by atoms with Crippen molar-refractivity contribution in [2.24, 2.45) is 0 Å². The molecule has 0 saturated carbocycles. The first-order chi connectivity index (χ1) is 10.2. The zero-order valence-corrected chi connectivity index (χ0v) is 11.7. The number of fused-ring (bicyclic) bond motifs is 1. The van der Waals surface area contributed by atoms with Gasteiger partial charge in [0.1, 0.15) is 0 Å². The van der Waals surface area contributed by atoms with Crippen LogP contribution in [-0.2, 0) is 0 Å². The predicted octanol–water partition coefficient (Wildman–Crippen LogP) is 2.24. The SMILES string of the molecule is COc1ccc(N(C)C(=O)c2n[nH]c3ccccc23)cn1. The number of carbonyl (C=O) groups is 1. The largest absolute Gasteiger partial charge is 0.481 e. The van der Waals surface area contributed by atoms with Crippen LogP contribution in [0.5, 0.6) is 5.88 Å². The number of nitrogens with zero attached hydrogens (tertiary/aromatic N) is 3. The molecule has 0 bridgehead atoms. The second kappa shape index (κ2) is 5.24. The summed E-state index contributed by atoms with van der Waals surface area (Å²) < 4.78 is 5.01. The average Bonchev–Trinajstić information content (AvgIpc) is 2.97. The fraction of sp³-hybridized carbons (Fsp3) is 0.133. The van der Waals surface area contributed by atoms with E-state index in [1.165, 1.54) is 4.90 Å². The van der Waals surface area contributed by atoms with Crippen molar-refractivity contribution in [2.45, 2.75) is 0 Å². The molecule has 2 heterocycles. The number of nitrogens with one attached hydrogen (secondary N) is 1. The van der Waals surface area contributed by atoms with Crippen molar-refractivity contribution in [3.05, 3.63) is 48.3 Å². The molecule has 0 radical (unpaired) electrons. The van der Waals surface area contributed by atoms with E-state index in [-0.39, 0.29) is 5.91 Å². The number of rotatable bonds is 3. The van der Waals surface area contributed by atoms with E-state index in [0.717, 1.165) is 10.9 Å². The highest BCUT2D eigenvalue weighted by Crippen LogP contribution is 2.20. The summed E-state index contributed by atoms with van der Waals surface area (Å²) in [5, 5.41) is 7.78. The summed E-state index contributed by atoms with van der Waals surface area (Å²) in [6.45, 7) is 0. The number of amides is 1.